The monoisotopic (exact) mass is 257 g/mol. The van der Waals surface area contributed by atoms with Crippen LogP contribution in [0.15, 0.2) is 11.8 Å². The van der Waals surface area contributed by atoms with Gasteiger partial charge in [-0.3, -0.25) is 5.32 Å². The van der Waals surface area contributed by atoms with Crippen LogP contribution in [0.1, 0.15) is 40.5 Å². The van der Waals surface area contributed by atoms with Gasteiger partial charge in [-0.1, -0.05) is 33.3 Å². The van der Waals surface area contributed by atoms with Gasteiger partial charge >= 0.3 is 12.1 Å². The van der Waals surface area contributed by atoms with Crippen LogP contribution in [-0.4, -0.2) is 25.3 Å². The van der Waals surface area contributed by atoms with Crippen molar-refractivity contribution in [2.24, 2.45) is 5.92 Å². The Balaban J connectivity index is 4.41. The lowest BCUT2D eigenvalue weighted by atomic mass is 10.2. The molecule has 0 saturated heterocycles. The molecule has 0 saturated carbocycles. The number of esters is 1. The quantitative estimate of drug-likeness (QED) is 0.432. The highest BCUT2D eigenvalue weighted by Crippen LogP contribution is 2.03. The lowest BCUT2D eigenvalue weighted by molar-refractivity contribution is -0.138. The van der Waals surface area contributed by atoms with Crippen molar-refractivity contribution in [2.75, 3.05) is 13.2 Å². The summed E-state index contributed by atoms with van der Waals surface area (Å²) in [6, 6.07) is 0. The molecule has 104 valence electrons. The summed E-state index contributed by atoms with van der Waals surface area (Å²) in [6.07, 6.45) is 2.76. The maximum Gasteiger partial charge on any atom is 0.411 e. The van der Waals surface area contributed by atoms with Crippen molar-refractivity contribution in [1.82, 2.24) is 5.32 Å². The summed E-state index contributed by atoms with van der Waals surface area (Å²) in [7, 11) is 0. The van der Waals surface area contributed by atoms with Crippen LogP contribution in [0.2, 0.25) is 0 Å². The Morgan fingerprint density at radius 1 is 1.22 bits per heavy atom. The molecule has 0 spiro atoms. The van der Waals surface area contributed by atoms with Gasteiger partial charge in [-0.15, -0.1) is 0 Å². The molecular weight excluding hydrogens is 234 g/mol. The number of amides is 1. The zero-order chi connectivity index (χ0) is 14.0. The van der Waals surface area contributed by atoms with Gasteiger partial charge in [0.1, 0.15) is 5.70 Å². The Bertz CT molecular complexity index is 297. The summed E-state index contributed by atoms with van der Waals surface area (Å²) >= 11 is 0. The molecule has 0 rings (SSSR count). The van der Waals surface area contributed by atoms with Crippen LogP contribution in [-0.2, 0) is 14.3 Å². The Morgan fingerprint density at radius 2 is 1.89 bits per heavy atom. The van der Waals surface area contributed by atoms with Gasteiger partial charge in [0.25, 0.3) is 0 Å². The van der Waals surface area contributed by atoms with Gasteiger partial charge in [-0.05, 0) is 19.3 Å². The van der Waals surface area contributed by atoms with Crippen molar-refractivity contribution >= 4 is 12.1 Å². The number of nitrogens with one attached hydrogen (secondary N) is 1. The van der Waals surface area contributed by atoms with Gasteiger partial charge in [0.05, 0.1) is 13.2 Å². The van der Waals surface area contributed by atoms with Gasteiger partial charge in [0, 0.05) is 0 Å². The Kier molecular flexibility index (Phi) is 8.70. The van der Waals surface area contributed by atoms with E-state index in [-0.39, 0.29) is 18.2 Å². The number of unbranched alkanes of at least 4 members (excludes halogenated alkanes) is 1. The van der Waals surface area contributed by atoms with E-state index in [4.69, 9.17) is 9.47 Å². The lowest BCUT2D eigenvalue weighted by Gasteiger charge is -2.10. The highest BCUT2D eigenvalue weighted by molar-refractivity contribution is 5.92. The molecule has 0 fully saturated rings. The van der Waals surface area contributed by atoms with Crippen LogP contribution < -0.4 is 5.32 Å². The van der Waals surface area contributed by atoms with Gasteiger partial charge in [0.15, 0.2) is 0 Å². The Morgan fingerprint density at radius 3 is 2.39 bits per heavy atom. The predicted octanol–water partition coefficient (Wildman–Crippen LogP) is 2.62. The summed E-state index contributed by atoms with van der Waals surface area (Å²) in [5, 5.41) is 2.42. The molecule has 18 heavy (non-hydrogen) atoms. The van der Waals surface area contributed by atoms with Gasteiger partial charge in [0.2, 0.25) is 0 Å². The molecule has 0 unspecified atom stereocenters. The van der Waals surface area contributed by atoms with E-state index in [2.05, 4.69) is 5.32 Å². The third-order valence-electron chi connectivity index (χ3n) is 1.96. The molecule has 0 aliphatic carbocycles. The van der Waals surface area contributed by atoms with Crippen LogP contribution >= 0.6 is 0 Å². The third kappa shape index (κ3) is 7.70. The minimum atomic E-state index is -0.622. The molecule has 0 aromatic rings. The summed E-state index contributed by atoms with van der Waals surface area (Å²) in [5.41, 5.74) is 0.133. The number of carbonyl (C=O) groups excluding carboxylic acids is 2. The number of carbonyl (C=O) groups is 2. The van der Waals surface area contributed by atoms with E-state index < -0.39 is 12.1 Å². The van der Waals surface area contributed by atoms with Crippen LogP contribution in [0.4, 0.5) is 4.79 Å². The topological polar surface area (TPSA) is 64.6 Å². The van der Waals surface area contributed by atoms with Crippen molar-refractivity contribution in [3.05, 3.63) is 11.8 Å². The first-order valence-electron chi connectivity index (χ1n) is 6.33. The molecule has 1 amide bonds. The molecule has 0 aromatic carbocycles. The molecular formula is C13H23NO4. The van der Waals surface area contributed by atoms with E-state index in [0.717, 1.165) is 12.8 Å². The van der Waals surface area contributed by atoms with Gasteiger partial charge < -0.3 is 9.47 Å². The van der Waals surface area contributed by atoms with E-state index in [1.54, 1.807) is 13.0 Å². The number of rotatable bonds is 7. The second-order valence-electron chi connectivity index (χ2n) is 4.16. The average molecular weight is 257 g/mol. The van der Waals surface area contributed by atoms with Gasteiger partial charge in [-0.2, -0.15) is 0 Å². The van der Waals surface area contributed by atoms with E-state index in [9.17, 15) is 9.59 Å². The molecule has 0 radical (unpaired) electrons. The normalized spacial score (nSPS) is 11.3. The minimum Gasteiger partial charge on any atom is -0.461 e. The lowest BCUT2D eigenvalue weighted by Crippen LogP contribution is -2.29. The first kappa shape index (κ1) is 16.5. The van der Waals surface area contributed by atoms with Crippen molar-refractivity contribution in [3.8, 4) is 0 Å². The fourth-order valence-electron chi connectivity index (χ4n) is 1.16. The summed E-state index contributed by atoms with van der Waals surface area (Å²) < 4.78 is 9.78. The van der Waals surface area contributed by atoms with E-state index >= 15 is 0 Å². The number of alkyl carbamates (subject to hydrolysis) is 1. The number of hydrogen-bond donors (Lipinski definition) is 1. The molecule has 0 aliphatic heterocycles. The summed E-state index contributed by atoms with van der Waals surface area (Å²) in [6.45, 7) is 8.14. The van der Waals surface area contributed by atoms with Crippen molar-refractivity contribution in [2.45, 2.75) is 40.5 Å². The Labute approximate surface area is 109 Å². The predicted molar refractivity (Wildman–Crippen MR) is 68.9 cm³/mol. The van der Waals surface area contributed by atoms with Crippen LogP contribution in [0.5, 0.6) is 0 Å². The first-order chi connectivity index (χ1) is 8.51. The SMILES string of the molecule is CCCCOC(=O)NC(=CC(C)C)C(=O)OCC. The molecule has 5 nitrogen and oxygen atoms in total. The average Bonchev–Trinajstić information content (AvgIpc) is 2.28. The van der Waals surface area contributed by atoms with Crippen molar-refractivity contribution in [1.29, 1.82) is 0 Å². The molecule has 0 atom stereocenters. The minimum absolute atomic E-state index is 0.125. The number of allylic oxidation sites excluding steroid dienone is 1. The van der Waals surface area contributed by atoms with E-state index in [1.807, 2.05) is 20.8 Å². The highest BCUT2D eigenvalue weighted by atomic mass is 16.6. The van der Waals surface area contributed by atoms with Crippen molar-refractivity contribution < 1.29 is 19.1 Å². The largest absolute Gasteiger partial charge is 0.461 e. The number of ether oxygens (including phenoxy) is 2. The summed E-state index contributed by atoms with van der Waals surface area (Å²) in [5.74, 6) is -0.418. The fraction of sp³-hybridized carbons (Fsp3) is 0.692. The zero-order valence-electron chi connectivity index (χ0n) is 11.6. The first-order valence-corrected chi connectivity index (χ1v) is 6.33. The highest BCUT2D eigenvalue weighted by Gasteiger charge is 2.15. The fourth-order valence-corrected chi connectivity index (χ4v) is 1.16. The van der Waals surface area contributed by atoms with Gasteiger partial charge in [-0.25, -0.2) is 9.59 Å². The molecule has 5 heteroatoms. The smallest absolute Gasteiger partial charge is 0.411 e. The standard InChI is InChI=1S/C13H23NO4/c1-5-7-8-18-13(16)14-11(9-10(3)4)12(15)17-6-2/h9-10H,5-8H2,1-4H3,(H,14,16). The molecule has 1 N–H and O–H groups in total. The molecule has 0 bridgehead atoms. The van der Waals surface area contributed by atoms with E-state index in [0.29, 0.717) is 6.61 Å². The van der Waals surface area contributed by atoms with Crippen LogP contribution in [0, 0.1) is 5.92 Å². The third-order valence-corrected chi connectivity index (χ3v) is 1.96. The zero-order valence-corrected chi connectivity index (χ0v) is 11.6. The van der Waals surface area contributed by atoms with Crippen molar-refractivity contribution in [3.63, 3.8) is 0 Å². The number of hydrogen-bond acceptors (Lipinski definition) is 4. The second-order valence-corrected chi connectivity index (χ2v) is 4.16. The van der Waals surface area contributed by atoms with Crippen LogP contribution in [0.3, 0.4) is 0 Å². The van der Waals surface area contributed by atoms with E-state index in [1.165, 1.54) is 0 Å². The second kappa shape index (κ2) is 9.50. The molecule has 0 aliphatic rings. The molecule has 0 heterocycles. The summed E-state index contributed by atoms with van der Waals surface area (Å²) in [4.78, 5) is 23.0. The maximum atomic E-state index is 11.6. The Hall–Kier alpha value is -1.52. The maximum absolute atomic E-state index is 11.6. The molecule has 0 aromatic heterocycles. The van der Waals surface area contributed by atoms with Crippen LogP contribution in [0.25, 0.3) is 0 Å².